The summed E-state index contributed by atoms with van der Waals surface area (Å²) < 4.78 is 5.38. The fourth-order valence-electron chi connectivity index (χ4n) is 1.92. The number of aryl methyl sites for hydroxylation is 2. The standard InChI is InChI=1S/C17H20N2O3S/c1-5-13-15(23-11(2)19-13)10-18-16(20)14-7-6-12(22-14)8-9-17(3,4)21/h6-7,21H,5,10H2,1-4H3,(H,18,20). The fraction of sp³-hybridized carbons (Fsp3) is 0.412. The zero-order chi connectivity index (χ0) is 17.0. The summed E-state index contributed by atoms with van der Waals surface area (Å²) in [6, 6.07) is 3.18. The van der Waals surface area contributed by atoms with Gasteiger partial charge in [0, 0.05) is 4.88 Å². The zero-order valence-electron chi connectivity index (χ0n) is 13.7. The van der Waals surface area contributed by atoms with E-state index < -0.39 is 5.60 Å². The molecule has 2 aromatic rings. The largest absolute Gasteiger partial charge is 0.443 e. The van der Waals surface area contributed by atoms with Crippen molar-refractivity contribution in [2.75, 3.05) is 0 Å². The van der Waals surface area contributed by atoms with Crippen LogP contribution < -0.4 is 5.32 Å². The first-order valence-corrected chi connectivity index (χ1v) is 8.19. The van der Waals surface area contributed by atoms with E-state index in [0.717, 1.165) is 22.0 Å². The van der Waals surface area contributed by atoms with Crippen molar-refractivity contribution >= 4 is 17.2 Å². The topological polar surface area (TPSA) is 75.4 Å². The number of rotatable bonds is 4. The van der Waals surface area contributed by atoms with E-state index in [1.807, 2.05) is 13.8 Å². The van der Waals surface area contributed by atoms with Crippen molar-refractivity contribution in [3.8, 4) is 11.8 Å². The Morgan fingerprint density at radius 2 is 2.22 bits per heavy atom. The highest BCUT2D eigenvalue weighted by molar-refractivity contribution is 7.11. The highest BCUT2D eigenvalue weighted by Crippen LogP contribution is 2.18. The minimum Gasteiger partial charge on any atom is -0.443 e. The number of aliphatic hydroxyl groups is 1. The predicted octanol–water partition coefficient (Wildman–Crippen LogP) is 2.66. The molecule has 0 aliphatic carbocycles. The van der Waals surface area contributed by atoms with Gasteiger partial charge in [0.05, 0.1) is 17.2 Å². The average molecular weight is 332 g/mol. The first kappa shape index (κ1) is 17.3. The van der Waals surface area contributed by atoms with Crippen LogP contribution in [0.15, 0.2) is 16.5 Å². The summed E-state index contributed by atoms with van der Waals surface area (Å²) in [5, 5.41) is 13.4. The number of furan rings is 1. The second kappa shape index (κ2) is 6.99. The molecule has 23 heavy (non-hydrogen) atoms. The summed E-state index contributed by atoms with van der Waals surface area (Å²) in [6.07, 6.45) is 0.840. The highest BCUT2D eigenvalue weighted by atomic mass is 32.1. The van der Waals surface area contributed by atoms with Crippen molar-refractivity contribution in [3.63, 3.8) is 0 Å². The lowest BCUT2D eigenvalue weighted by Gasteiger charge is -2.05. The van der Waals surface area contributed by atoms with Crippen LogP contribution in [0, 0.1) is 18.8 Å². The number of thiazole rings is 1. The normalized spacial score (nSPS) is 11.0. The van der Waals surface area contributed by atoms with Gasteiger partial charge in [-0.05, 0) is 45.2 Å². The maximum atomic E-state index is 12.1. The molecule has 0 saturated carbocycles. The Hall–Kier alpha value is -2.10. The van der Waals surface area contributed by atoms with E-state index in [1.165, 1.54) is 0 Å². The van der Waals surface area contributed by atoms with E-state index in [-0.39, 0.29) is 11.7 Å². The lowest BCUT2D eigenvalue weighted by atomic mass is 10.1. The summed E-state index contributed by atoms with van der Waals surface area (Å²) in [7, 11) is 0. The van der Waals surface area contributed by atoms with Gasteiger partial charge in [-0.15, -0.1) is 11.3 Å². The summed E-state index contributed by atoms with van der Waals surface area (Å²) in [5.41, 5.74) is -0.0838. The lowest BCUT2D eigenvalue weighted by Crippen LogP contribution is -2.22. The highest BCUT2D eigenvalue weighted by Gasteiger charge is 2.13. The minimum absolute atomic E-state index is 0.198. The molecule has 0 aliphatic rings. The number of carbonyl (C=O) groups excluding carboxylic acids is 1. The van der Waals surface area contributed by atoms with Gasteiger partial charge in [-0.2, -0.15) is 0 Å². The molecule has 0 fully saturated rings. The van der Waals surface area contributed by atoms with Crippen LogP contribution in [0.5, 0.6) is 0 Å². The Bertz CT molecular complexity index is 757. The molecule has 2 rings (SSSR count). The Morgan fingerprint density at radius 3 is 2.87 bits per heavy atom. The van der Waals surface area contributed by atoms with Gasteiger partial charge in [0.2, 0.25) is 0 Å². The molecule has 0 spiro atoms. The van der Waals surface area contributed by atoms with Crippen LogP contribution in [0.1, 0.15) is 52.7 Å². The van der Waals surface area contributed by atoms with Crippen LogP contribution in [0.25, 0.3) is 0 Å². The molecule has 122 valence electrons. The Labute approximate surface area is 139 Å². The van der Waals surface area contributed by atoms with E-state index in [0.29, 0.717) is 12.3 Å². The summed E-state index contributed by atoms with van der Waals surface area (Å²) >= 11 is 1.59. The van der Waals surface area contributed by atoms with Gasteiger partial charge in [-0.1, -0.05) is 12.8 Å². The first-order chi connectivity index (χ1) is 10.8. The van der Waals surface area contributed by atoms with Gasteiger partial charge < -0.3 is 14.8 Å². The molecule has 0 saturated heterocycles. The van der Waals surface area contributed by atoms with Crippen LogP contribution in [0.2, 0.25) is 0 Å². The summed E-state index contributed by atoms with van der Waals surface area (Å²) in [5.74, 6) is 5.59. The second-order valence-corrected chi connectivity index (χ2v) is 6.90. The number of hydrogen-bond acceptors (Lipinski definition) is 5. The Balaban J connectivity index is 2.01. The third-order valence-corrected chi connectivity index (χ3v) is 3.96. The van der Waals surface area contributed by atoms with Gasteiger partial charge in [0.1, 0.15) is 5.60 Å². The van der Waals surface area contributed by atoms with Gasteiger partial charge >= 0.3 is 0 Å². The Kier molecular flexibility index (Phi) is 5.24. The predicted molar refractivity (Wildman–Crippen MR) is 89.3 cm³/mol. The average Bonchev–Trinajstić information content (AvgIpc) is 3.08. The number of carbonyl (C=O) groups is 1. The van der Waals surface area contributed by atoms with Gasteiger partial charge in [-0.25, -0.2) is 4.98 Å². The molecule has 2 heterocycles. The first-order valence-electron chi connectivity index (χ1n) is 7.37. The van der Waals surface area contributed by atoms with Crippen molar-refractivity contribution in [1.82, 2.24) is 10.3 Å². The second-order valence-electron chi connectivity index (χ2n) is 5.61. The molecule has 0 bridgehead atoms. The van der Waals surface area contributed by atoms with E-state index in [1.54, 1.807) is 37.3 Å². The number of nitrogens with zero attached hydrogens (tertiary/aromatic N) is 1. The summed E-state index contributed by atoms with van der Waals surface area (Å²) in [4.78, 5) is 17.6. The molecule has 0 aromatic carbocycles. The van der Waals surface area contributed by atoms with E-state index >= 15 is 0 Å². The van der Waals surface area contributed by atoms with Crippen molar-refractivity contribution in [3.05, 3.63) is 39.2 Å². The van der Waals surface area contributed by atoms with Crippen molar-refractivity contribution in [1.29, 1.82) is 0 Å². The molecule has 5 nitrogen and oxygen atoms in total. The van der Waals surface area contributed by atoms with E-state index in [4.69, 9.17) is 4.42 Å². The molecule has 6 heteroatoms. The third kappa shape index (κ3) is 4.95. The van der Waals surface area contributed by atoms with Crippen LogP contribution in [0.3, 0.4) is 0 Å². The molecule has 0 radical (unpaired) electrons. The zero-order valence-corrected chi connectivity index (χ0v) is 14.5. The SMILES string of the molecule is CCc1nc(C)sc1CNC(=O)c1ccc(C#CC(C)(C)O)o1. The number of amides is 1. The molecular formula is C17H20N2O3S. The molecule has 2 N–H and O–H groups in total. The Morgan fingerprint density at radius 1 is 1.48 bits per heavy atom. The monoisotopic (exact) mass is 332 g/mol. The molecule has 0 atom stereocenters. The van der Waals surface area contributed by atoms with Crippen LogP contribution >= 0.6 is 11.3 Å². The maximum absolute atomic E-state index is 12.1. The number of hydrogen-bond donors (Lipinski definition) is 2. The molecule has 0 unspecified atom stereocenters. The molecule has 1 amide bonds. The van der Waals surface area contributed by atoms with Gasteiger partial charge in [-0.3, -0.25) is 4.79 Å². The van der Waals surface area contributed by atoms with Gasteiger partial charge in [0.15, 0.2) is 11.5 Å². The molecule has 2 aromatic heterocycles. The van der Waals surface area contributed by atoms with Crippen LogP contribution in [-0.4, -0.2) is 21.6 Å². The number of aromatic nitrogens is 1. The lowest BCUT2D eigenvalue weighted by molar-refractivity contribution is 0.0923. The van der Waals surface area contributed by atoms with Gasteiger partial charge in [0.25, 0.3) is 5.91 Å². The fourth-order valence-corrected chi connectivity index (χ4v) is 2.88. The molecular weight excluding hydrogens is 312 g/mol. The quantitative estimate of drug-likeness (QED) is 0.844. The van der Waals surface area contributed by atoms with Crippen molar-refractivity contribution < 1.29 is 14.3 Å². The third-order valence-electron chi connectivity index (χ3n) is 2.95. The van der Waals surface area contributed by atoms with Crippen molar-refractivity contribution in [2.24, 2.45) is 0 Å². The maximum Gasteiger partial charge on any atom is 0.287 e. The van der Waals surface area contributed by atoms with Crippen LogP contribution in [-0.2, 0) is 13.0 Å². The summed E-state index contributed by atoms with van der Waals surface area (Å²) in [6.45, 7) is 7.59. The minimum atomic E-state index is -1.10. The molecule has 0 aliphatic heterocycles. The van der Waals surface area contributed by atoms with Crippen LogP contribution in [0.4, 0.5) is 0 Å². The van der Waals surface area contributed by atoms with Crippen molar-refractivity contribution in [2.45, 2.75) is 46.3 Å². The number of nitrogens with one attached hydrogen (secondary N) is 1. The smallest absolute Gasteiger partial charge is 0.287 e. The van der Waals surface area contributed by atoms with E-state index in [2.05, 4.69) is 22.1 Å². The van der Waals surface area contributed by atoms with E-state index in [9.17, 15) is 9.90 Å².